The maximum atomic E-state index is 5.77. The zero-order valence-electron chi connectivity index (χ0n) is 11.0. The average molecular weight is 250 g/mol. The van der Waals surface area contributed by atoms with Gasteiger partial charge in [0, 0.05) is 31.4 Å². The Morgan fingerprint density at radius 2 is 2.11 bits per heavy atom. The molecule has 1 aromatic rings. The summed E-state index contributed by atoms with van der Waals surface area (Å²) in [5.74, 6) is 0.900. The van der Waals surface area contributed by atoms with Gasteiger partial charge in [-0.25, -0.2) is 0 Å². The molecule has 0 spiro atoms. The highest BCUT2D eigenvalue weighted by Crippen LogP contribution is 2.20. The SMILES string of the molecule is Cc1ccc(N)cc1OCCCN1CCOCC1. The van der Waals surface area contributed by atoms with Crippen molar-refractivity contribution in [3.8, 4) is 5.75 Å². The van der Waals surface area contributed by atoms with Crippen LogP contribution < -0.4 is 10.5 Å². The topological polar surface area (TPSA) is 47.7 Å². The molecule has 0 radical (unpaired) electrons. The van der Waals surface area contributed by atoms with E-state index in [1.165, 1.54) is 0 Å². The number of hydrogen-bond acceptors (Lipinski definition) is 4. The van der Waals surface area contributed by atoms with Crippen LogP contribution in [0, 0.1) is 6.92 Å². The lowest BCUT2D eigenvalue weighted by atomic mass is 10.2. The molecule has 18 heavy (non-hydrogen) atoms. The van der Waals surface area contributed by atoms with Crippen molar-refractivity contribution in [2.24, 2.45) is 0 Å². The second-order valence-corrected chi connectivity index (χ2v) is 4.68. The largest absolute Gasteiger partial charge is 0.493 e. The predicted molar refractivity (Wildman–Crippen MR) is 73.0 cm³/mol. The highest BCUT2D eigenvalue weighted by atomic mass is 16.5. The fraction of sp³-hybridized carbons (Fsp3) is 0.571. The van der Waals surface area contributed by atoms with Crippen LogP contribution in [-0.4, -0.2) is 44.4 Å². The van der Waals surface area contributed by atoms with Crippen molar-refractivity contribution >= 4 is 5.69 Å². The summed E-state index contributed by atoms with van der Waals surface area (Å²) in [6, 6.07) is 5.78. The average Bonchev–Trinajstić information content (AvgIpc) is 2.40. The second-order valence-electron chi connectivity index (χ2n) is 4.68. The van der Waals surface area contributed by atoms with Gasteiger partial charge in [0.1, 0.15) is 5.75 Å². The molecular formula is C14H22N2O2. The highest BCUT2D eigenvalue weighted by Gasteiger charge is 2.09. The van der Waals surface area contributed by atoms with E-state index in [9.17, 15) is 0 Å². The van der Waals surface area contributed by atoms with E-state index in [0.717, 1.165) is 62.9 Å². The lowest BCUT2D eigenvalue weighted by Crippen LogP contribution is -2.37. The Morgan fingerprint density at radius 3 is 2.89 bits per heavy atom. The van der Waals surface area contributed by atoms with Gasteiger partial charge < -0.3 is 15.2 Å². The fourth-order valence-corrected chi connectivity index (χ4v) is 2.07. The molecule has 1 heterocycles. The summed E-state index contributed by atoms with van der Waals surface area (Å²) in [4.78, 5) is 2.42. The van der Waals surface area contributed by atoms with E-state index >= 15 is 0 Å². The van der Waals surface area contributed by atoms with Crippen LogP contribution in [0.1, 0.15) is 12.0 Å². The van der Waals surface area contributed by atoms with Crippen LogP contribution in [0.4, 0.5) is 5.69 Å². The van der Waals surface area contributed by atoms with Gasteiger partial charge in [0.15, 0.2) is 0 Å². The maximum Gasteiger partial charge on any atom is 0.124 e. The third-order valence-corrected chi connectivity index (χ3v) is 3.19. The fourth-order valence-electron chi connectivity index (χ4n) is 2.07. The molecule has 0 saturated carbocycles. The summed E-state index contributed by atoms with van der Waals surface area (Å²) in [6.45, 7) is 7.64. The molecule has 0 atom stereocenters. The second kappa shape index (κ2) is 6.61. The van der Waals surface area contributed by atoms with Crippen molar-refractivity contribution in [3.63, 3.8) is 0 Å². The first-order valence-electron chi connectivity index (χ1n) is 6.55. The Labute approximate surface area is 109 Å². The third kappa shape index (κ3) is 3.89. The van der Waals surface area contributed by atoms with Crippen molar-refractivity contribution in [1.29, 1.82) is 0 Å². The number of morpholine rings is 1. The minimum atomic E-state index is 0.738. The van der Waals surface area contributed by atoms with Gasteiger partial charge in [-0.15, -0.1) is 0 Å². The summed E-state index contributed by atoms with van der Waals surface area (Å²) in [6.07, 6.45) is 1.04. The van der Waals surface area contributed by atoms with E-state index in [1.807, 2.05) is 25.1 Å². The number of anilines is 1. The molecule has 4 heteroatoms. The standard InChI is InChI=1S/C14H22N2O2/c1-12-3-4-13(15)11-14(12)18-8-2-5-16-6-9-17-10-7-16/h3-4,11H,2,5-10,15H2,1H3. The summed E-state index contributed by atoms with van der Waals surface area (Å²) < 4.78 is 11.1. The Balaban J connectivity index is 1.69. The van der Waals surface area contributed by atoms with Crippen molar-refractivity contribution in [2.75, 3.05) is 45.2 Å². The van der Waals surface area contributed by atoms with Crippen molar-refractivity contribution in [1.82, 2.24) is 4.90 Å². The predicted octanol–water partition coefficient (Wildman–Crippen LogP) is 1.68. The first-order valence-corrected chi connectivity index (χ1v) is 6.55. The van der Waals surface area contributed by atoms with Crippen molar-refractivity contribution < 1.29 is 9.47 Å². The van der Waals surface area contributed by atoms with Crippen LogP contribution in [0.25, 0.3) is 0 Å². The molecule has 0 unspecified atom stereocenters. The smallest absolute Gasteiger partial charge is 0.124 e. The Morgan fingerprint density at radius 1 is 1.33 bits per heavy atom. The minimum Gasteiger partial charge on any atom is -0.493 e. The van der Waals surface area contributed by atoms with Crippen LogP contribution in [-0.2, 0) is 4.74 Å². The van der Waals surface area contributed by atoms with Gasteiger partial charge in [-0.05, 0) is 25.0 Å². The quantitative estimate of drug-likeness (QED) is 0.638. The van der Waals surface area contributed by atoms with Crippen molar-refractivity contribution in [2.45, 2.75) is 13.3 Å². The molecule has 0 amide bonds. The van der Waals surface area contributed by atoms with E-state index in [2.05, 4.69) is 4.90 Å². The van der Waals surface area contributed by atoms with Crippen LogP contribution in [0.2, 0.25) is 0 Å². The first kappa shape index (κ1) is 13.2. The van der Waals surface area contributed by atoms with E-state index in [-0.39, 0.29) is 0 Å². The molecule has 4 nitrogen and oxygen atoms in total. The molecule has 1 aliphatic rings. The molecule has 0 bridgehead atoms. The molecule has 2 rings (SSSR count). The van der Waals surface area contributed by atoms with Gasteiger partial charge in [0.25, 0.3) is 0 Å². The molecule has 1 saturated heterocycles. The van der Waals surface area contributed by atoms with Crippen LogP contribution >= 0.6 is 0 Å². The Bertz CT molecular complexity index is 376. The van der Waals surface area contributed by atoms with E-state index in [0.29, 0.717) is 0 Å². The number of ether oxygens (including phenoxy) is 2. The van der Waals surface area contributed by atoms with Crippen LogP contribution in [0.5, 0.6) is 5.75 Å². The molecule has 0 aromatic heterocycles. The number of nitrogens with two attached hydrogens (primary N) is 1. The zero-order valence-corrected chi connectivity index (χ0v) is 11.0. The Hall–Kier alpha value is -1.26. The number of hydrogen-bond donors (Lipinski definition) is 1. The van der Waals surface area contributed by atoms with Crippen LogP contribution in [0.15, 0.2) is 18.2 Å². The lowest BCUT2D eigenvalue weighted by molar-refractivity contribution is 0.0358. The van der Waals surface area contributed by atoms with Crippen molar-refractivity contribution in [3.05, 3.63) is 23.8 Å². The Kier molecular flexibility index (Phi) is 4.84. The van der Waals surface area contributed by atoms with Gasteiger partial charge in [-0.2, -0.15) is 0 Å². The van der Waals surface area contributed by atoms with Crippen LogP contribution in [0.3, 0.4) is 0 Å². The van der Waals surface area contributed by atoms with Gasteiger partial charge in [-0.1, -0.05) is 6.07 Å². The normalized spacial score (nSPS) is 16.7. The zero-order chi connectivity index (χ0) is 12.8. The number of nitrogens with zero attached hydrogens (tertiary/aromatic N) is 1. The molecule has 1 aromatic carbocycles. The van der Waals surface area contributed by atoms with E-state index in [4.69, 9.17) is 15.2 Å². The summed E-state index contributed by atoms with van der Waals surface area (Å²) in [5, 5.41) is 0. The number of benzene rings is 1. The molecule has 100 valence electrons. The highest BCUT2D eigenvalue weighted by molar-refractivity contribution is 5.47. The first-order chi connectivity index (χ1) is 8.75. The molecule has 0 aliphatic carbocycles. The van der Waals surface area contributed by atoms with E-state index < -0.39 is 0 Å². The van der Waals surface area contributed by atoms with Gasteiger partial charge >= 0.3 is 0 Å². The summed E-state index contributed by atoms with van der Waals surface area (Å²) in [5.41, 5.74) is 7.63. The molecule has 1 aliphatic heterocycles. The lowest BCUT2D eigenvalue weighted by Gasteiger charge is -2.26. The summed E-state index contributed by atoms with van der Waals surface area (Å²) >= 11 is 0. The molecular weight excluding hydrogens is 228 g/mol. The van der Waals surface area contributed by atoms with Gasteiger partial charge in [0.2, 0.25) is 0 Å². The monoisotopic (exact) mass is 250 g/mol. The number of nitrogen functional groups attached to an aromatic ring is 1. The number of aryl methyl sites for hydroxylation is 1. The molecule has 2 N–H and O–H groups in total. The van der Waals surface area contributed by atoms with E-state index in [1.54, 1.807) is 0 Å². The van der Waals surface area contributed by atoms with Gasteiger partial charge in [0.05, 0.1) is 19.8 Å². The molecule has 1 fully saturated rings. The van der Waals surface area contributed by atoms with Gasteiger partial charge in [-0.3, -0.25) is 4.90 Å². The summed E-state index contributed by atoms with van der Waals surface area (Å²) in [7, 11) is 0. The number of rotatable bonds is 5. The minimum absolute atomic E-state index is 0.738. The maximum absolute atomic E-state index is 5.77. The third-order valence-electron chi connectivity index (χ3n) is 3.19.